The molecule has 0 radical (unpaired) electrons. The molecule has 0 saturated heterocycles. The van der Waals surface area contributed by atoms with Gasteiger partial charge in [0.2, 0.25) is 5.91 Å². The SMILES string of the molecule is C[C@@H]1C[C@@H]1C(=O)Nc1ccc(F)cc1C(=O)O. The second kappa shape index (κ2) is 4.16. The fourth-order valence-corrected chi connectivity index (χ4v) is 1.72. The highest BCUT2D eigenvalue weighted by Gasteiger charge is 2.39. The predicted octanol–water partition coefficient (Wildman–Crippen LogP) is 2.12. The van der Waals surface area contributed by atoms with E-state index in [4.69, 9.17) is 5.11 Å². The van der Waals surface area contributed by atoms with E-state index in [1.54, 1.807) is 0 Å². The molecule has 1 amide bonds. The highest BCUT2D eigenvalue weighted by atomic mass is 19.1. The normalized spacial score (nSPS) is 22.0. The number of carbonyl (C=O) groups is 2. The van der Waals surface area contributed by atoms with Crippen LogP contribution in [0.3, 0.4) is 0 Å². The Morgan fingerprint density at radius 2 is 2.12 bits per heavy atom. The summed E-state index contributed by atoms with van der Waals surface area (Å²) in [6, 6.07) is 3.29. The van der Waals surface area contributed by atoms with Crippen LogP contribution in [0.1, 0.15) is 23.7 Å². The van der Waals surface area contributed by atoms with Gasteiger partial charge in [0.15, 0.2) is 0 Å². The van der Waals surface area contributed by atoms with Gasteiger partial charge < -0.3 is 10.4 Å². The van der Waals surface area contributed by atoms with Crippen LogP contribution in [0.2, 0.25) is 0 Å². The average Bonchev–Trinajstić information content (AvgIpc) is 2.98. The van der Waals surface area contributed by atoms with E-state index in [-0.39, 0.29) is 23.1 Å². The molecular formula is C12H12FNO3. The monoisotopic (exact) mass is 237 g/mol. The molecule has 1 fully saturated rings. The van der Waals surface area contributed by atoms with E-state index in [0.717, 1.165) is 18.6 Å². The lowest BCUT2D eigenvalue weighted by Crippen LogP contribution is -2.17. The number of amides is 1. The van der Waals surface area contributed by atoms with Crippen LogP contribution in [-0.2, 0) is 4.79 Å². The molecule has 0 bridgehead atoms. The summed E-state index contributed by atoms with van der Waals surface area (Å²) in [7, 11) is 0. The minimum atomic E-state index is -1.26. The Hall–Kier alpha value is -1.91. The molecule has 0 unspecified atom stereocenters. The second-order valence-corrected chi connectivity index (χ2v) is 4.30. The van der Waals surface area contributed by atoms with E-state index in [2.05, 4.69) is 5.32 Å². The molecule has 1 saturated carbocycles. The maximum Gasteiger partial charge on any atom is 0.337 e. The number of anilines is 1. The van der Waals surface area contributed by atoms with Crippen LogP contribution in [-0.4, -0.2) is 17.0 Å². The summed E-state index contributed by atoms with van der Waals surface area (Å²) < 4.78 is 12.9. The van der Waals surface area contributed by atoms with Crippen molar-refractivity contribution in [3.63, 3.8) is 0 Å². The Balaban J connectivity index is 2.20. The van der Waals surface area contributed by atoms with Gasteiger partial charge in [0, 0.05) is 5.92 Å². The van der Waals surface area contributed by atoms with Gasteiger partial charge >= 0.3 is 5.97 Å². The first-order chi connectivity index (χ1) is 7.99. The molecule has 1 aromatic carbocycles. The lowest BCUT2D eigenvalue weighted by Gasteiger charge is -2.08. The standard InChI is InChI=1S/C12H12FNO3/c1-6-4-8(6)11(15)14-10-3-2-7(13)5-9(10)12(16)17/h2-3,5-6,8H,4H2,1H3,(H,14,15)(H,16,17)/t6-,8+/m1/s1. The summed E-state index contributed by atoms with van der Waals surface area (Å²) in [4.78, 5) is 22.5. The zero-order valence-electron chi connectivity index (χ0n) is 9.24. The van der Waals surface area contributed by atoms with Crippen LogP contribution in [0.5, 0.6) is 0 Å². The van der Waals surface area contributed by atoms with Crippen LogP contribution in [0.15, 0.2) is 18.2 Å². The Morgan fingerprint density at radius 3 is 2.65 bits per heavy atom. The third-order valence-corrected chi connectivity index (χ3v) is 2.92. The zero-order valence-corrected chi connectivity index (χ0v) is 9.24. The van der Waals surface area contributed by atoms with E-state index in [9.17, 15) is 14.0 Å². The molecule has 17 heavy (non-hydrogen) atoms. The summed E-state index contributed by atoms with van der Waals surface area (Å²) in [5.74, 6) is -1.82. The summed E-state index contributed by atoms with van der Waals surface area (Å²) in [6.07, 6.45) is 0.815. The molecule has 2 rings (SSSR count). The van der Waals surface area contributed by atoms with E-state index < -0.39 is 11.8 Å². The molecule has 2 N–H and O–H groups in total. The molecule has 1 aromatic rings. The fraction of sp³-hybridized carbons (Fsp3) is 0.333. The van der Waals surface area contributed by atoms with Gasteiger partial charge in [-0.15, -0.1) is 0 Å². The minimum Gasteiger partial charge on any atom is -0.478 e. The first kappa shape index (κ1) is 11.6. The van der Waals surface area contributed by atoms with Gasteiger partial charge in [-0.05, 0) is 30.5 Å². The predicted molar refractivity (Wildman–Crippen MR) is 59.3 cm³/mol. The fourth-order valence-electron chi connectivity index (χ4n) is 1.72. The van der Waals surface area contributed by atoms with Crippen molar-refractivity contribution in [2.24, 2.45) is 11.8 Å². The highest BCUT2D eigenvalue weighted by molar-refractivity contribution is 6.01. The lowest BCUT2D eigenvalue weighted by atomic mass is 10.1. The Labute approximate surface area is 97.4 Å². The number of carboxylic acids is 1. The average molecular weight is 237 g/mol. The lowest BCUT2D eigenvalue weighted by molar-refractivity contribution is -0.117. The molecule has 1 aliphatic rings. The third-order valence-electron chi connectivity index (χ3n) is 2.92. The van der Waals surface area contributed by atoms with Crippen LogP contribution in [0.4, 0.5) is 10.1 Å². The molecular weight excluding hydrogens is 225 g/mol. The topological polar surface area (TPSA) is 66.4 Å². The van der Waals surface area contributed by atoms with Crippen molar-refractivity contribution < 1.29 is 19.1 Å². The van der Waals surface area contributed by atoms with E-state index in [1.807, 2.05) is 6.92 Å². The van der Waals surface area contributed by atoms with Crippen molar-refractivity contribution >= 4 is 17.6 Å². The van der Waals surface area contributed by atoms with E-state index in [1.165, 1.54) is 6.07 Å². The Kier molecular flexibility index (Phi) is 2.83. The first-order valence-corrected chi connectivity index (χ1v) is 5.32. The van der Waals surface area contributed by atoms with E-state index in [0.29, 0.717) is 5.92 Å². The molecule has 4 nitrogen and oxygen atoms in total. The maximum atomic E-state index is 12.9. The summed E-state index contributed by atoms with van der Waals surface area (Å²) >= 11 is 0. The molecule has 90 valence electrons. The van der Waals surface area contributed by atoms with Crippen molar-refractivity contribution in [1.82, 2.24) is 0 Å². The zero-order chi connectivity index (χ0) is 12.6. The molecule has 2 atom stereocenters. The smallest absolute Gasteiger partial charge is 0.337 e. The Morgan fingerprint density at radius 1 is 1.47 bits per heavy atom. The highest BCUT2D eigenvalue weighted by Crippen LogP contribution is 2.38. The summed E-state index contributed by atoms with van der Waals surface area (Å²) in [5.41, 5.74) is -0.0883. The summed E-state index contributed by atoms with van der Waals surface area (Å²) in [5, 5.41) is 11.4. The molecule has 0 aromatic heterocycles. The molecule has 0 spiro atoms. The number of carbonyl (C=O) groups excluding carboxylic acids is 1. The third kappa shape index (κ3) is 2.43. The minimum absolute atomic E-state index is 0.0540. The van der Waals surface area contributed by atoms with Crippen molar-refractivity contribution in [3.8, 4) is 0 Å². The van der Waals surface area contributed by atoms with Crippen molar-refractivity contribution in [2.45, 2.75) is 13.3 Å². The molecule has 5 heteroatoms. The van der Waals surface area contributed by atoms with Crippen molar-refractivity contribution in [1.29, 1.82) is 0 Å². The van der Waals surface area contributed by atoms with Crippen molar-refractivity contribution in [2.75, 3.05) is 5.32 Å². The van der Waals surface area contributed by atoms with Gasteiger partial charge in [-0.2, -0.15) is 0 Å². The molecule has 0 heterocycles. The number of benzene rings is 1. The number of carboxylic acid groups (broad SMARTS) is 1. The second-order valence-electron chi connectivity index (χ2n) is 4.30. The van der Waals surface area contributed by atoms with Crippen LogP contribution in [0.25, 0.3) is 0 Å². The van der Waals surface area contributed by atoms with Gasteiger partial charge in [-0.3, -0.25) is 4.79 Å². The molecule has 0 aliphatic heterocycles. The number of hydrogen-bond donors (Lipinski definition) is 2. The molecule has 1 aliphatic carbocycles. The number of rotatable bonds is 3. The van der Waals surface area contributed by atoms with Gasteiger partial charge in [-0.1, -0.05) is 6.92 Å². The number of nitrogens with one attached hydrogen (secondary N) is 1. The van der Waals surface area contributed by atoms with Crippen LogP contribution < -0.4 is 5.32 Å². The summed E-state index contributed by atoms with van der Waals surface area (Å²) in [6.45, 7) is 1.95. The van der Waals surface area contributed by atoms with E-state index >= 15 is 0 Å². The largest absolute Gasteiger partial charge is 0.478 e. The van der Waals surface area contributed by atoms with Gasteiger partial charge in [0.05, 0.1) is 11.3 Å². The van der Waals surface area contributed by atoms with Gasteiger partial charge in [-0.25, -0.2) is 9.18 Å². The first-order valence-electron chi connectivity index (χ1n) is 5.32. The van der Waals surface area contributed by atoms with Gasteiger partial charge in [0.1, 0.15) is 5.82 Å². The Bertz CT molecular complexity index is 487. The number of hydrogen-bond acceptors (Lipinski definition) is 2. The van der Waals surface area contributed by atoms with Crippen LogP contribution >= 0.6 is 0 Å². The number of halogens is 1. The van der Waals surface area contributed by atoms with Crippen molar-refractivity contribution in [3.05, 3.63) is 29.6 Å². The maximum absolute atomic E-state index is 12.9. The van der Waals surface area contributed by atoms with Gasteiger partial charge in [0.25, 0.3) is 0 Å². The quantitative estimate of drug-likeness (QED) is 0.846. The van der Waals surface area contributed by atoms with Crippen LogP contribution in [0, 0.1) is 17.7 Å². The number of aromatic carboxylic acids is 1.